The number of likely N-dealkylation sites (N-methyl/N-ethyl adjacent to an activating group) is 1. The number of carbonyl (C=O) groups excluding carboxylic acids is 2. The molecule has 0 saturated carbocycles. The number of unbranched alkanes of at least 4 members (excludes halogenated alkanes) is 45. The van der Waals surface area contributed by atoms with Crippen LogP contribution in [-0.2, 0) is 32.7 Å². The summed E-state index contributed by atoms with van der Waals surface area (Å²) in [6.45, 7) is 4.27. The first-order valence-electron chi connectivity index (χ1n) is 34.7. The number of hydrogen-bond donors (Lipinski definition) is 0. The maximum Gasteiger partial charge on any atom is 0.306 e. The van der Waals surface area contributed by atoms with Crippen molar-refractivity contribution in [1.29, 1.82) is 0 Å². The lowest BCUT2D eigenvalue weighted by atomic mass is 10.0. The van der Waals surface area contributed by atoms with Gasteiger partial charge >= 0.3 is 11.9 Å². The van der Waals surface area contributed by atoms with E-state index in [-0.39, 0.29) is 32.0 Å². The van der Waals surface area contributed by atoms with Gasteiger partial charge in [-0.3, -0.25) is 14.2 Å². The van der Waals surface area contributed by atoms with Gasteiger partial charge in [0.05, 0.1) is 27.7 Å². The molecule has 0 saturated heterocycles. The Morgan fingerprint density at radius 2 is 0.675 bits per heavy atom. The third kappa shape index (κ3) is 65.4. The highest BCUT2D eigenvalue weighted by atomic mass is 31.2. The molecule has 0 aromatic carbocycles. The van der Waals surface area contributed by atoms with Crippen molar-refractivity contribution in [2.75, 3.05) is 47.5 Å². The lowest BCUT2D eigenvalue weighted by Gasteiger charge is -2.28. The second-order valence-corrected chi connectivity index (χ2v) is 26.3. The molecule has 0 fully saturated rings. The number of esters is 2. The fraction of sp³-hybridized carbons (Fsp3) is 0.886. The summed E-state index contributed by atoms with van der Waals surface area (Å²) in [7, 11) is 1.17. The summed E-state index contributed by atoms with van der Waals surface area (Å²) in [5, 5.41) is 0. The Bertz CT molecular complexity index is 1440. The third-order valence-corrected chi connectivity index (χ3v) is 16.6. The van der Waals surface area contributed by atoms with Crippen LogP contribution in [-0.4, -0.2) is 70.0 Å². The van der Waals surface area contributed by atoms with E-state index in [9.17, 15) is 19.0 Å². The zero-order chi connectivity index (χ0) is 58.4. The molecule has 0 aliphatic carbocycles. The van der Waals surface area contributed by atoms with Crippen molar-refractivity contribution in [2.24, 2.45) is 0 Å². The molecule has 0 bridgehead atoms. The summed E-state index contributed by atoms with van der Waals surface area (Å²) in [6.07, 6.45) is 78.1. The summed E-state index contributed by atoms with van der Waals surface area (Å²) >= 11 is 0. The number of rotatable bonds is 65. The van der Waals surface area contributed by atoms with E-state index in [1.807, 2.05) is 21.1 Å². The lowest BCUT2D eigenvalue weighted by molar-refractivity contribution is -0.870. The van der Waals surface area contributed by atoms with Gasteiger partial charge < -0.3 is 27.9 Å². The first-order chi connectivity index (χ1) is 39.0. The molecule has 0 aliphatic heterocycles. The molecule has 9 nitrogen and oxygen atoms in total. The second-order valence-electron chi connectivity index (χ2n) is 24.9. The average Bonchev–Trinajstić information content (AvgIpc) is 3.42. The van der Waals surface area contributed by atoms with E-state index in [4.69, 9.17) is 18.5 Å². The summed E-state index contributed by atoms with van der Waals surface area (Å²) < 4.78 is 34.3. The quantitative estimate of drug-likeness (QED) is 0.0195. The van der Waals surface area contributed by atoms with E-state index in [1.165, 1.54) is 244 Å². The minimum absolute atomic E-state index is 0.0323. The van der Waals surface area contributed by atoms with E-state index >= 15 is 0 Å². The van der Waals surface area contributed by atoms with Gasteiger partial charge in [-0.2, -0.15) is 0 Å². The van der Waals surface area contributed by atoms with Crippen LogP contribution < -0.4 is 4.89 Å². The number of ether oxygens (including phenoxy) is 2. The molecule has 0 heterocycles. The maximum atomic E-state index is 12.8. The molecule has 0 aliphatic rings. The second kappa shape index (κ2) is 61.8. The summed E-state index contributed by atoms with van der Waals surface area (Å²) in [5.41, 5.74) is 0. The first-order valence-corrected chi connectivity index (χ1v) is 36.2. The Kier molecular flexibility index (Phi) is 60.4. The van der Waals surface area contributed by atoms with E-state index in [0.29, 0.717) is 17.4 Å². The van der Waals surface area contributed by atoms with E-state index in [0.717, 1.165) is 70.6 Å². The topological polar surface area (TPSA) is 111 Å². The van der Waals surface area contributed by atoms with Crippen LogP contribution >= 0.6 is 7.82 Å². The van der Waals surface area contributed by atoms with Crippen LogP contribution in [0.1, 0.15) is 348 Å². The van der Waals surface area contributed by atoms with E-state index in [2.05, 4.69) is 50.3 Å². The monoisotopic (exact) mass is 1150 g/mol. The molecule has 0 radical (unpaired) electrons. The number of quaternary nitrogens is 1. The largest absolute Gasteiger partial charge is 0.756 e. The Morgan fingerprint density at radius 3 is 1.00 bits per heavy atom. The van der Waals surface area contributed by atoms with Gasteiger partial charge in [-0.15, -0.1) is 0 Å². The Morgan fingerprint density at radius 1 is 0.388 bits per heavy atom. The highest BCUT2D eigenvalue weighted by Gasteiger charge is 2.22. The predicted molar refractivity (Wildman–Crippen MR) is 342 cm³/mol. The van der Waals surface area contributed by atoms with Crippen LogP contribution in [0.25, 0.3) is 0 Å². The molecule has 472 valence electrons. The normalized spacial score (nSPS) is 13.3. The molecule has 0 rings (SSSR count). The molecule has 2 unspecified atom stereocenters. The van der Waals surface area contributed by atoms with Crippen LogP contribution in [0, 0.1) is 0 Å². The molecule has 0 spiro atoms. The van der Waals surface area contributed by atoms with Crippen LogP contribution in [0.4, 0.5) is 0 Å². The zero-order valence-corrected chi connectivity index (χ0v) is 54.7. The van der Waals surface area contributed by atoms with Crippen molar-refractivity contribution in [3.05, 3.63) is 36.5 Å². The first kappa shape index (κ1) is 78.2. The summed E-state index contributed by atoms with van der Waals surface area (Å²) in [4.78, 5) is 38.0. The Labute approximate surface area is 497 Å². The van der Waals surface area contributed by atoms with Crippen LogP contribution in [0.5, 0.6) is 0 Å². The van der Waals surface area contributed by atoms with Crippen molar-refractivity contribution < 1.29 is 42.1 Å². The molecule has 0 aromatic rings. The summed E-state index contributed by atoms with van der Waals surface area (Å²) in [5.74, 6) is -0.832. The van der Waals surface area contributed by atoms with Crippen molar-refractivity contribution in [2.45, 2.75) is 354 Å². The van der Waals surface area contributed by atoms with Gasteiger partial charge in [0, 0.05) is 12.8 Å². The fourth-order valence-corrected chi connectivity index (χ4v) is 11.0. The van der Waals surface area contributed by atoms with Crippen LogP contribution in [0.3, 0.4) is 0 Å². The van der Waals surface area contributed by atoms with Gasteiger partial charge in [0.15, 0.2) is 6.10 Å². The van der Waals surface area contributed by atoms with Crippen LogP contribution in [0.15, 0.2) is 36.5 Å². The van der Waals surface area contributed by atoms with Crippen molar-refractivity contribution in [1.82, 2.24) is 0 Å². The fourth-order valence-electron chi connectivity index (χ4n) is 10.3. The minimum Gasteiger partial charge on any atom is -0.756 e. The molecule has 0 aromatic heterocycles. The Balaban J connectivity index is 3.96. The van der Waals surface area contributed by atoms with Gasteiger partial charge in [-0.1, -0.05) is 320 Å². The smallest absolute Gasteiger partial charge is 0.306 e. The van der Waals surface area contributed by atoms with Crippen LogP contribution in [0.2, 0.25) is 0 Å². The number of phosphoric ester groups is 1. The Hall–Kier alpha value is -1.77. The van der Waals surface area contributed by atoms with E-state index < -0.39 is 26.5 Å². The van der Waals surface area contributed by atoms with E-state index in [1.54, 1.807) is 0 Å². The number of allylic oxidation sites excluding steroid dienone is 6. The van der Waals surface area contributed by atoms with Gasteiger partial charge in [0.25, 0.3) is 7.82 Å². The van der Waals surface area contributed by atoms with Gasteiger partial charge in [0.2, 0.25) is 0 Å². The average molecular weight is 1150 g/mol. The molecule has 0 amide bonds. The van der Waals surface area contributed by atoms with Crippen molar-refractivity contribution >= 4 is 19.8 Å². The van der Waals surface area contributed by atoms with Crippen molar-refractivity contribution in [3.8, 4) is 0 Å². The standard InChI is InChI=1S/C70H134NO8P/c1-6-8-10-12-14-16-18-20-22-24-26-28-29-30-31-32-33-34-35-36-37-38-39-40-41-43-44-46-48-50-52-54-56-58-60-62-69(72)76-66-68(67-78-80(74,75)77-65-64-71(3,4)5)79-70(73)63-61-59-57-55-53-51-49-47-45-42-27-25-23-21-19-17-15-13-11-9-7-2/h19,21,25,27,45,47,68H,6-18,20,22-24,26,28-44,46,48-67H2,1-5H3/b21-19-,27-25-,47-45-. The van der Waals surface area contributed by atoms with Crippen molar-refractivity contribution in [3.63, 3.8) is 0 Å². The van der Waals surface area contributed by atoms with Gasteiger partial charge in [-0.25, -0.2) is 0 Å². The lowest BCUT2D eigenvalue weighted by Crippen LogP contribution is -2.37. The molecular formula is C70H134NO8P. The molecular weight excluding hydrogens is 1010 g/mol. The number of nitrogens with zero attached hydrogens (tertiary/aromatic N) is 1. The number of phosphoric acid groups is 1. The third-order valence-electron chi connectivity index (χ3n) is 15.7. The highest BCUT2D eigenvalue weighted by Crippen LogP contribution is 2.38. The zero-order valence-electron chi connectivity index (χ0n) is 53.8. The highest BCUT2D eigenvalue weighted by molar-refractivity contribution is 7.45. The van der Waals surface area contributed by atoms with Gasteiger partial charge in [0.1, 0.15) is 19.8 Å². The number of carbonyl (C=O) groups is 2. The molecule has 10 heteroatoms. The SMILES string of the molecule is CCCCCCC/C=C\C/C=C\C/C=C\CCCCCCCCC(=O)OC(COC(=O)CCCCCCCCCCCCCCCCCCCCCCCCCCCCCCCCCCCCC)COP(=O)([O-])OCC[N+](C)(C)C. The predicted octanol–water partition coefficient (Wildman–Crippen LogP) is 21.6. The maximum absolute atomic E-state index is 12.8. The number of hydrogen-bond acceptors (Lipinski definition) is 8. The minimum atomic E-state index is -4.64. The molecule has 0 N–H and O–H groups in total. The van der Waals surface area contributed by atoms with Gasteiger partial charge in [-0.05, 0) is 51.4 Å². The molecule has 80 heavy (non-hydrogen) atoms. The summed E-state index contributed by atoms with van der Waals surface area (Å²) in [6, 6.07) is 0. The molecule has 2 atom stereocenters.